The summed E-state index contributed by atoms with van der Waals surface area (Å²) in [5, 5.41) is 9.25. The highest BCUT2D eigenvalue weighted by Crippen LogP contribution is 2.23. The highest BCUT2D eigenvalue weighted by atomic mass is 35.5. The Bertz CT molecular complexity index is 326. The van der Waals surface area contributed by atoms with E-state index in [2.05, 4.69) is 0 Å². The summed E-state index contributed by atoms with van der Waals surface area (Å²) in [4.78, 5) is 10.5. The van der Waals surface area contributed by atoms with Gasteiger partial charge < -0.3 is 5.11 Å². The van der Waals surface area contributed by atoms with Crippen LogP contribution in [0, 0.1) is 0 Å². The van der Waals surface area contributed by atoms with Gasteiger partial charge in [0.15, 0.2) is 0 Å². The van der Waals surface area contributed by atoms with Crippen molar-refractivity contribution in [2.45, 2.75) is 12.3 Å². The second kappa shape index (κ2) is 5.23. The van der Waals surface area contributed by atoms with Crippen molar-refractivity contribution in [1.82, 2.24) is 0 Å². The van der Waals surface area contributed by atoms with Crippen molar-refractivity contribution >= 4 is 29.2 Å². The maximum absolute atomic E-state index is 10.5. The molecule has 1 atom stereocenters. The molecule has 1 rings (SSSR count). The zero-order valence-corrected chi connectivity index (χ0v) is 8.92. The molecule has 0 aliphatic carbocycles. The molecule has 1 aromatic carbocycles. The standard InChI is InChI=1S/C10H10Cl2O2/c11-6-8(5-10(13)14)7-2-1-3-9(12)4-7/h1-4,8H,5-6H2,(H,13,14)/t8-/m1/s1. The Morgan fingerprint density at radius 3 is 2.71 bits per heavy atom. The van der Waals surface area contributed by atoms with Crippen molar-refractivity contribution < 1.29 is 9.90 Å². The maximum Gasteiger partial charge on any atom is 0.304 e. The Labute approximate surface area is 92.5 Å². The number of hydrogen-bond acceptors (Lipinski definition) is 1. The lowest BCUT2D eigenvalue weighted by atomic mass is 9.98. The van der Waals surface area contributed by atoms with Crippen molar-refractivity contribution in [3.63, 3.8) is 0 Å². The van der Waals surface area contributed by atoms with Crippen LogP contribution in [0.25, 0.3) is 0 Å². The molecule has 0 fully saturated rings. The van der Waals surface area contributed by atoms with E-state index in [0.29, 0.717) is 5.02 Å². The van der Waals surface area contributed by atoms with Gasteiger partial charge in [-0.1, -0.05) is 23.7 Å². The molecule has 14 heavy (non-hydrogen) atoms. The molecule has 0 heterocycles. The SMILES string of the molecule is O=C(O)C[C@H](CCl)c1cccc(Cl)c1. The first-order chi connectivity index (χ1) is 6.63. The summed E-state index contributed by atoms with van der Waals surface area (Å²) in [6.07, 6.45) is 0.0316. The molecule has 0 radical (unpaired) electrons. The van der Waals surface area contributed by atoms with E-state index in [-0.39, 0.29) is 18.2 Å². The van der Waals surface area contributed by atoms with E-state index < -0.39 is 5.97 Å². The number of alkyl halides is 1. The van der Waals surface area contributed by atoms with Gasteiger partial charge in [-0.25, -0.2) is 0 Å². The lowest BCUT2D eigenvalue weighted by molar-refractivity contribution is -0.137. The van der Waals surface area contributed by atoms with Gasteiger partial charge in [-0.15, -0.1) is 11.6 Å². The van der Waals surface area contributed by atoms with Crippen molar-refractivity contribution in [2.24, 2.45) is 0 Å². The van der Waals surface area contributed by atoms with Crippen LogP contribution in [0.1, 0.15) is 17.9 Å². The molecule has 0 unspecified atom stereocenters. The van der Waals surface area contributed by atoms with Crippen molar-refractivity contribution in [3.8, 4) is 0 Å². The Balaban J connectivity index is 2.83. The molecule has 0 aliphatic rings. The molecular formula is C10H10Cl2O2. The van der Waals surface area contributed by atoms with Crippen molar-refractivity contribution in [3.05, 3.63) is 34.9 Å². The fraction of sp³-hybridized carbons (Fsp3) is 0.300. The average Bonchev–Trinajstić information content (AvgIpc) is 2.14. The third kappa shape index (κ3) is 3.20. The third-order valence-electron chi connectivity index (χ3n) is 1.93. The first-order valence-corrected chi connectivity index (χ1v) is 5.08. The van der Waals surface area contributed by atoms with Gasteiger partial charge in [0.1, 0.15) is 0 Å². The molecule has 0 spiro atoms. The molecule has 0 saturated carbocycles. The van der Waals surface area contributed by atoms with Crippen LogP contribution in [0.5, 0.6) is 0 Å². The van der Waals surface area contributed by atoms with Crippen molar-refractivity contribution in [2.75, 3.05) is 5.88 Å². The van der Waals surface area contributed by atoms with Gasteiger partial charge in [0.2, 0.25) is 0 Å². The highest BCUT2D eigenvalue weighted by molar-refractivity contribution is 6.30. The zero-order valence-electron chi connectivity index (χ0n) is 7.41. The van der Waals surface area contributed by atoms with Crippen LogP contribution in [0.15, 0.2) is 24.3 Å². The number of rotatable bonds is 4. The van der Waals surface area contributed by atoms with Crippen LogP contribution in [0.3, 0.4) is 0 Å². The lowest BCUT2D eigenvalue weighted by Crippen LogP contribution is -2.07. The summed E-state index contributed by atoms with van der Waals surface area (Å²) < 4.78 is 0. The van der Waals surface area contributed by atoms with Crippen molar-refractivity contribution in [1.29, 1.82) is 0 Å². The van der Waals surface area contributed by atoms with Gasteiger partial charge in [-0.3, -0.25) is 4.79 Å². The minimum absolute atomic E-state index is 0.0316. The maximum atomic E-state index is 10.5. The first-order valence-electron chi connectivity index (χ1n) is 4.16. The quantitative estimate of drug-likeness (QED) is 0.811. The Morgan fingerprint density at radius 1 is 1.50 bits per heavy atom. The van der Waals surface area contributed by atoms with Gasteiger partial charge >= 0.3 is 5.97 Å². The molecule has 1 aromatic rings. The number of hydrogen-bond donors (Lipinski definition) is 1. The molecule has 0 amide bonds. The second-order valence-electron chi connectivity index (χ2n) is 3.00. The predicted molar refractivity (Wildman–Crippen MR) is 57.2 cm³/mol. The topological polar surface area (TPSA) is 37.3 Å². The van der Waals surface area contributed by atoms with Gasteiger partial charge in [-0.2, -0.15) is 0 Å². The van der Waals surface area contributed by atoms with Gasteiger partial charge in [0, 0.05) is 16.8 Å². The number of aliphatic carboxylic acids is 1. The number of benzene rings is 1. The van der Waals surface area contributed by atoms with Crippen LogP contribution in [-0.2, 0) is 4.79 Å². The molecule has 2 nitrogen and oxygen atoms in total. The van der Waals surface area contributed by atoms with E-state index >= 15 is 0 Å². The molecule has 0 saturated heterocycles. The van der Waals surface area contributed by atoms with Crippen LogP contribution in [-0.4, -0.2) is 17.0 Å². The van der Waals surface area contributed by atoms with Crippen LogP contribution >= 0.6 is 23.2 Å². The molecule has 0 aliphatic heterocycles. The van der Waals surface area contributed by atoms with E-state index in [9.17, 15) is 4.79 Å². The van der Waals surface area contributed by atoms with Gasteiger partial charge in [0.25, 0.3) is 0 Å². The summed E-state index contributed by atoms with van der Waals surface area (Å²) in [5.74, 6) is -0.740. The minimum atomic E-state index is -0.851. The Morgan fingerprint density at radius 2 is 2.21 bits per heavy atom. The van der Waals surface area contributed by atoms with Crippen LogP contribution in [0.2, 0.25) is 5.02 Å². The normalized spacial score (nSPS) is 12.4. The largest absolute Gasteiger partial charge is 0.481 e. The Kier molecular flexibility index (Phi) is 4.23. The minimum Gasteiger partial charge on any atom is -0.481 e. The molecule has 1 N–H and O–H groups in total. The fourth-order valence-corrected chi connectivity index (χ4v) is 1.72. The second-order valence-corrected chi connectivity index (χ2v) is 3.75. The molecule has 0 bridgehead atoms. The summed E-state index contributed by atoms with van der Waals surface area (Å²) in [7, 11) is 0. The average molecular weight is 233 g/mol. The predicted octanol–water partition coefficient (Wildman–Crippen LogP) is 3.14. The molecule has 76 valence electrons. The number of halogens is 2. The monoisotopic (exact) mass is 232 g/mol. The molecular weight excluding hydrogens is 223 g/mol. The van der Waals surface area contributed by atoms with Gasteiger partial charge in [-0.05, 0) is 17.7 Å². The summed E-state index contributed by atoms with van der Waals surface area (Å²) in [6, 6.07) is 7.12. The molecule has 4 heteroatoms. The van der Waals surface area contributed by atoms with Crippen LogP contribution in [0.4, 0.5) is 0 Å². The number of carbonyl (C=O) groups is 1. The summed E-state index contributed by atoms with van der Waals surface area (Å²) in [6.45, 7) is 0. The smallest absolute Gasteiger partial charge is 0.304 e. The number of carboxylic acid groups (broad SMARTS) is 1. The van der Waals surface area contributed by atoms with E-state index in [1.807, 2.05) is 6.07 Å². The fourth-order valence-electron chi connectivity index (χ4n) is 1.23. The van der Waals surface area contributed by atoms with Crippen LogP contribution < -0.4 is 0 Å². The highest BCUT2D eigenvalue weighted by Gasteiger charge is 2.14. The Hall–Kier alpha value is -0.730. The van der Waals surface area contributed by atoms with E-state index in [1.54, 1.807) is 18.2 Å². The van der Waals surface area contributed by atoms with E-state index in [1.165, 1.54) is 0 Å². The first kappa shape index (κ1) is 11.3. The number of carboxylic acids is 1. The summed E-state index contributed by atoms with van der Waals surface area (Å²) >= 11 is 11.5. The third-order valence-corrected chi connectivity index (χ3v) is 2.53. The molecule has 0 aromatic heterocycles. The van der Waals surface area contributed by atoms with E-state index in [0.717, 1.165) is 5.56 Å². The summed E-state index contributed by atoms with van der Waals surface area (Å²) in [5.41, 5.74) is 0.870. The van der Waals surface area contributed by atoms with E-state index in [4.69, 9.17) is 28.3 Å². The van der Waals surface area contributed by atoms with Gasteiger partial charge in [0.05, 0.1) is 6.42 Å². The lowest BCUT2D eigenvalue weighted by Gasteiger charge is -2.11. The zero-order chi connectivity index (χ0) is 10.6.